The molecule has 0 fully saturated rings. The summed E-state index contributed by atoms with van der Waals surface area (Å²) in [4.78, 5) is 39.4. The van der Waals surface area contributed by atoms with E-state index in [0.717, 1.165) is 5.56 Å². The Hall–Kier alpha value is -3.45. The molecule has 182 valence electrons. The molecule has 3 atom stereocenters. The van der Waals surface area contributed by atoms with Gasteiger partial charge < -0.3 is 10.6 Å². The van der Waals surface area contributed by atoms with Crippen molar-refractivity contribution in [3.8, 4) is 0 Å². The van der Waals surface area contributed by atoms with Crippen molar-refractivity contribution in [1.82, 2.24) is 10.8 Å². The van der Waals surface area contributed by atoms with Crippen molar-refractivity contribution in [1.29, 1.82) is 0 Å². The molecule has 0 saturated heterocycles. The van der Waals surface area contributed by atoms with Gasteiger partial charge in [-0.05, 0) is 43.4 Å². The average Bonchev–Trinajstić information content (AvgIpc) is 2.82. The number of benzene rings is 2. The van der Waals surface area contributed by atoms with Crippen LogP contribution in [0.5, 0.6) is 0 Å². The van der Waals surface area contributed by atoms with Crippen molar-refractivity contribution in [2.24, 2.45) is 17.3 Å². The number of hydrogen-bond donors (Lipinski definition) is 4. The Balaban J connectivity index is 2.36. The summed E-state index contributed by atoms with van der Waals surface area (Å²) in [6.07, 6.45) is 2.41. The molecule has 7 heteroatoms. The van der Waals surface area contributed by atoms with Gasteiger partial charge in [0.1, 0.15) is 6.04 Å². The maximum atomic E-state index is 13.6. The zero-order valence-electron chi connectivity index (χ0n) is 20.1. The number of rotatable bonds is 12. The molecular formula is C27H35N3O4. The van der Waals surface area contributed by atoms with Crippen molar-refractivity contribution in [3.63, 3.8) is 0 Å². The van der Waals surface area contributed by atoms with Crippen LogP contribution in [0.4, 0.5) is 5.69 Å². The summed E-state index contributed by atoms with van der Waals surface area (Å²) in [6.45, 7) is 9.25. The first-order valence-electron chi connectivity index (χ1n) is 11.5. The lowest BCUT2D eigenvalue weighted by atomic mass is 9.70. The molecule has 0 bridgehead atoms. The van der Waals surface area contributed by atoms with Crippen molar-refractivity contribution < 1.29 is 19.6 Å². The van der Waals surface area contributed by atoms with Gasteiger partial charge in [-0.1, -0.05) is 68.5 Å². The molecule has 0 heterocycles. The second-order valence-corrected chi connectivity index (χ2v) is 9.14. The largest absolute Gasteiger partial charge is 0.344 e. The average molecular weight is 466 g/mol. The van der Waals surface area contributed by atoms with Gasteiger partial charge in [-0.3, -0.25) is 19.6 Å². The van der Waals surface area contributed by atoms with E-state index < -0.39 is 29.2 Å². The van der Waals surface area contributed by atoms with Crippen LogP contribution in [-0.2, 0) is 20.8 Å². The summed E-state index contributed by atoms with van der Waals surface area (Å²) in [6, 6.07) is 17.6. The molecule has 0 saturated carbocycles. The Labute approximate surface area is 201 Å². The number of anilines is 1. The molecule has 2 aromatic rings. The quantitative estimate of drug-likeness (QED) is 0.215. The number of allylic oxidation sites excluding steroid dienone is 1. The molecule has 0 aliphatic rings. The molecule has 0 aromatic heterocycles. The Kier molecular flexibility index (Phi) is 10.0. The van der Waals surface area contributed by atoms with Crippen LogP contribution < -0.4 is 16.1 Å². The van der Waals surface area contributed by atoms with E-state index in [-0.39, 0.29) is 24.7 Å². The van der Waals surface area contributed by atoms with Crippen LogP contribution in [0.1, 0.15) is 39.2 Å². The summed E-state index contributed by atoms with van der Waals surface area (Å²) in [7, 11) is 0. The highest BCUT2D eigenvalue weighted by Crippen LogP contribution is 2.37. The SMILES string of the molecule is C=CC[C@](C)(C(=O)NO)[C@@H](CC(C)C)C(=O)N[C@@H](Cc1ccccc1)C(=O)Nc1ccccc1. The second kappa shape index (κ2) is 12.7. The van der Waals surface area contributed by atoms with Gasteiger partial charge in [-0.2, -0.15) is 0 Å². The lowest BCUT2D eigenvalue weighted by Gasteiger charge is -2.36. The highest BCUT2D eigenvalue weighted by Gasteiger charge is 2.45. The Bertz CT molecular complexity index is 962. The van der Waals surface area contributed by atoms with Crippen LogP contribution in [0.2, 0.25) is 0 Å². The van der Waals surface area contributed by atoms with E-state index in [0.29, 0.717) is 12.1 Å². The Morgan fingerprint density at radius 2 is 1.59 bits per heavy atom. The van der Waals surface area contributed by atoms with Crippen molar-refractivity contribution in [2.45, 2.75) is 46.1 Å². The van der Waals surface area contributed by atoms with Gasteiger partial charge in [0.2, 0.25) is 17.7 Å². The molecule has 2 rings (SSSR count). The third-order valence-corrected chi connectivity index (χ3v) is 5.94. The summed E-state index contributed by atoms with van der Waals surface area (Å²) in [5.74, 6) is -2.14. The molecule has 3 amide bonds. The van der Waals surface area contributed by atoms with E-state index in [1.807, 2.05) is 62.4 Å². The van der Waals surface area contributed by atoms with Gasteiger partial charge in [0.15, 0.2) is 0 Å². The number of hydroxylamine groups is 1. The number of amides is 3. The monoisotopic (exact) mass is 465 g/mol. The van der Waals surface area contributed by atoms with Crippen molar-refractivity contribution in [2.75, 3.05) is 5.32 Å². The fourth-order valence-corrected chi connectivity index (χ4v) is 4.03. The number of hydrogen-bond acceptors (Lipinski definition) is 4. The molecule has 4 N–H and O–H groups in total. The second-order valence-electron chi connectivity index (χ2n) is 9.14. The third-order valence-electron chi connectivity index (χ3n) is 5.94. The zero-order chi connectivity index (χ0) is 25.1. The maximum absolute atomic E-state index is 13.6. The van der Waals surface area contributed by atoms with Crippen LogP contribution >= 0.6 is 0 Å². The minimum atomic E-state index is -1.24. The zero-order valence-corrected chi connectivity index (χ0v) is 20.1. The molecular weight excluding hydrogens is 430 g/mol. The van der Waals surface area contributed by atoms with Crippen molar-refractivity contribution >= 4 is 23.4 Å². The van der Waals surface area contributed by atoms with Crippen LogP contribution in [0.3, 0.4) is 0 Å². The minimum Gasteiger partial charge on any atom is -0.344 e. The van der Waals surface area contributed by atoms with Gasteiger partial charge in [0, 0.05) is 12.1 Å². The smallest absolute Gasteiger partial charge is 0.250 e. The van der Waals surface area contributed by atoms with Gasteiger partial charge in [-0.15, -0.1) is 6.58 Å². The Morgan fingerprint density at radius 3 is 2.12 bits per heavy atom. The summed E-state index contributed by atoms with van der Waals surface area (Å²) >= 11 is 0. The van der Waals surface area contributed by atoms with Gasteiger partial charge in [-0.25, -0.2) is 5.48 Å². The lowest BCUT2D eigenvalue weighted by molar-refractivity contribution is -0.148. The van der Waals surface area contributed by atoms with Crippen LogP contribution in [0, 0.1) is 17.3 Å². The normalized spacial score (nSPS) is 14.4. The summed E-state index contributed by atoms with van der Waals surface area (Å²) < 4.78 is 0. The van der Waals surface area contributed by atoms with E-state index in [4.69, 9.17) is 0 Å². The fraction of sp³-hybridized carbons (Fsp3) is 0.370. The van der Waals surface area contributed by atoms with E-state index in [9.17, 15) is 19.6 Å². The summed E-state index contributed by atoms with van der Waals surface area (Å²) in [5.41, 5.74) is 1.97. The highest BCUT2D eigenvalue weighted by atomic mass is 16.5. The first kappa shape index (κ1) is 26.8. The van der Waals surface area contributed by atoms with E-state index in [1.54, 1.807) is 30.6 Å². The first-order chi connectivity index (χ1) is 16.2. The minimum absolute atomic E-state index is 0.0945. The third kappa shape index (κ3) is 7.28. The van der Waals surface area contributed by atoms with Gasteiger partial charge in [0.25, 0.3) is 0 Å². The predicted molar refractivity (Wildman–Crippen MR) is 133 cm³/mol. The summed E-state index contributed by atoms with van der Waals surface area (Å²) in [5, 5.41) is 15.1. The molecule has 0 aliphatic heterocycles. The molecule has 2 aromatic carbocycles. The maximum Gasteiger partial charge on any atom is 0.250 e. The predicted octanol–water partition coefficient (Wildman–Crippen LogP) is 4.10. The fourth-order valence-electron chi connectivity index (χ4n) is 4.03. The number of carbonyl (C=O) groups is 3. The van der Waals surface area contributed by atoms with E-state index >= 15 is 0 Å². The van der Waals surface area contributed by atoms with Crippen LogP contribution in [-0.4, -0.2) is 29.0 Å². The van der Waals surface area contributed by atoms with E-state index in [2.05, 4.69) is 17.2 Å². The molecule has 0 unspecified atom stereocenters. The van der Waals surface area contributed by atoms with Crippen molar-refractivity contribution in [3.05, 3.63) is 78.9 Å². The van der Waals surface area contributed by atoms with Gasteiger partial charge in [0.05, 0.1) is 11.3 Å². The number of para-hydroxylation sites is 1. The molecule has 0 aliphatic carbocycles. The standard InChI is InChI=1S/C27H35N3O4/c1-5-16-27(4,26(33)30-34)22(17-19(2)3)24(31)29-23(18-20-12-8-6-9-13-20)25(32)28-21-14-10-7-11-15-21/h5-15,19,22-23,34H,1,16-18H2,2-4H3,(H,28,32)(H,29,31)(H,30,33)/t22-,23-,27-/m0/s1. The lowest BCUT2D eigenvalue weighted by Crippen LogP contribution is -2.53. The van der Waals surface area contributed by atoms with Crippen LogP contribution in [0.15, 0.2) is 73.3 Å². The number of nitrogens with one attached hydrogen (secondary N) is 3. The Morgan fingerprint density at radius 1 is 1.00 bits per heavy atom. The van der Waals surface area contributed by atoms with Crippen LogP contribution in [0.25, 0.3) is 0 Å². The number of carbonyl (C=O) groups excluding carboxylic acids is 3. The highest BCUT2D eigenvalue weighted by molar-refractivity contribution is 5.98. The molecule has 0 radical (unpaired) electrons. The van der Waals surface area contributed by atoms with Gasteiger partial charge >= 0.3 is 0 Å². The first-order valence-corrected chi connectivity index (χ1v) is 11.5. The molecule has 34 heavy (non-hydrogen) atoms. The topological polar surface area (TPSA) is 108 Å². The van der Waals surface area contributed by atoms with E-state index in [1.165, 1.54) is 0 Å². The molecule has 0 spiro atoms. The molecule has 7 nitrogen and oxygen atoms in total.